The lowest BCUT2D eigenvalue weighted by Crippen LogP contribution is -2.04. The van der Waals surface area contributed by atoms with Gasteiger partial charge >= 0.3 is 5.97 Å². The fraction of sp³-hybridized carbons (Fsp3) is 0.0800. The normalized spacial score (nSPS) is 11.5. The number of carbonyl (C=O) groups excluding carboxylic acids is 1. The Morgan fingerprint density at radius 2 is 1.48 bits per heavy atom. The van der Waals surface area contributed by atoms with Crippen molar-refractivity contribution in [3.8, 4) is 0 Å². The van der Waals surface area contributed by atoms with E-state index in [1.807, 2.05) is 72.8 Å². The van der Waals surface area contributed by atoms with E-state index in [4.69, 9.17) is 4.74 Å². The Morgan fingerprint density at radius 1 is 0.852 bits per heavy atom. The van der Waals surface area contributed by atoms with E-state index in [1.165, 1.54) is 11.6 Å². The first-order valence-electron chi connectivity index (χ1n) is 8.94. The van der Waals surface area contributed by atoms with Gasteiger partial charge in [0.1, 0.15) is 6.61 Å². The summed E-state index contributed by atoms with van der Waals surface area (Å²) in [6.45, 7) is 2.29. The molecule has 0 aromatic heterocycles. The van der Waals surface area contributed by atoms with Crippen molar-refractivity contribution in [3.63, 3.8) is 0 Å². The molecule has 0 aliphatic heterocycles. The molecule has 0 saturated heterocycles. The van der Waals surface area contributed by atoms with E-state index in [9.17, 15) is 4.79 Å². The number of benzene rings is 3. The standard InChI is InChI=1S/C25H22O2/c1-20-10-8-9-15-23(20)18-24(22-13-6-3-7-14-22)19-27-25(26)17-16-21-11-4-2-5-12-21/h2-18H,19H2,1H3/b17-16+,24-18?. The van der Waals surface area contributed by atoms with Gasteiger partial charge in [0.15, 0.2) is 0 Å². The minimum Gasteiger partial charge on any atom is -0.458 e. The Labute approximate surface area is 160 Å². The van der Waals surface area contributed by atoms with Crippen LogP contribution in [0.25, 0.3) is 17.7 Å². The average Bonchev–Trinajstić information content (AvgIpc) is 2.72. The van der Waals surface area contributed by atoms with Gasteiger partial charge in [0.2, 0.25) is 0 Å². The maximum absolute atomic E-state index is 12.1. The molecule has 0 radical (unpaired) electrons. The van der Waals surface area contributed by atoms with Crippen LogP contribution in [0.1, 0.15) is 22.3 Å². The molecule has 0 heterocycles. The lowest BCUT2D eigenvalue weighted by molar-refractivity contribution is -0.136. The molecule has 0 atom stereocenters. The largest absolute Gasteiger partial charge is 0.458 e. The maximum Gasteiger partial charge on any atom is 0.331 e. The van der Waals surface area contributed by atoms with Crippen molar-refractivity contribution in [1.29, 1.82) is 0 Å². The van der Waals surface area contributed by atoms with E-state index in [1.54, 1.807) is 6.08 Å². The van der Waals surface area contributed by atoms with Crippen molar-refractivity contribution in [2.24, 2.45) is 0 Å². The van der Waals surface area contributed by atoms with Crippen LogP contribution in [0.5, 0.6) is 0 Å². The molecule has 0 unspecified atom stereocenters. The van der Waals surface area contributed by atoms with E-state index in [2.05, 4.69) is 25.1 Å². The molecule has 134 valence electrons. The lowest BCUT2D eigenvalue weighted by Gasteiger charge is -2.10. The Hall–Kier alpha value is -3.39. The molecule has 3 aromatic rings. The molecular weight excluding hydrogens is 332 g/mol. The second kappa shape index (κ2) is 9.35. The average molecular weight is 354 g/mol. The summed E-state index contributed by atoms with van der Waals surface area (Å²) in [5.41, 5.74) is 5.27. The van der Waals surface area contributed by atoms with Gasteiger partial charge in [-0.25, -0.2) is 4.79 Å². The molecule has 0 saturated carbocycles. The van der Waals surface area contributed by atoms with Crippen LogP contribution in [0.15, 0.2) is 91.0 Å². The third-order valence-electron chi connectivity index (χ3n) is 4.24. The Bertz CT molecular complexity index is 938. The zero-order chi connectivity index (χ0) is 18.9. The molecular formula is C25H22O2. The first-order chi connectivity index (χ1) is 13.2. The number of hydrogen-bond acceptors (Lipinski definition) is 2. The van der Waals surface area contributed by atoms with Crippen LogP contribution in [0.4, 0.5) is 0 Å². The predicted octanol–water partition coefficient (Wildman–Crippen LogP) is 5.79. The number of ether oxygens (including phenoxy) is 1. The zero-order valence-corrected chi connectivity index (χ0v) is 15.3. The van der Waals surface area contributed by atoms with Gasteiger partial charge in [-0.2, -0.15) is 0 Å². The molecule has 3 aromatic carbocycles. The third-order valence-corrected chi connectivity index (χ3v) is 4.24. The van der Waals surface area contributed by atoms with E-state index in [0.717, 1.165) is 22.3 Å². The summed E-state index contributed by atoms with van der Waals surface area (Å²) >= 11 is 0. The highest BCUT2D eigenvalue weighted by atomic mass is 16.5. The minimum absolute atomic E-state index is 0.219. The first-order valence-corrected chi connectivity index (χ1v) is 8.94. The van der Waals surface area contributed by atoms with Crippen molar-refractivity contribution in [2.75, 3.05) is 6.61 Å². The van der Waals surface area contributed by atoms with Gasteiger partial charge in [-0.15, -0.1) is 0 Å². The number of hydrogen-bond donors (Lipinski definition) is 0. The van der Waals surface area contributed by atoms with Crippen LogP contribution in [0, 0.1) is 6.92 Å². The molecule has 0 amide bonds. The number of aryl methyl sites for hydroxylation is 1. The van der Waals surface area contributed by atoms with Crippen LogP contribution < -0.4 is 0 Å². The molecule has 0 bridgehead atoms. The van der Waals surface area contributed by atoms with Crippen molar-refractivity contribution >= 4 is 23.7 Å². The molecule has 27 heavy (non-hydrogen) atoms. The summed E-state index contributed by atoms with van der Waals surface area (Å²) in [6.07, 6.45) is 5.31. The second-order valence-electron chi connectivity index (χ2n) is 6.24. The quantitative estimate of drug-likeness (QED) is 0.318. The maximum atomic E-state index is 12.1. The van der Waals surface area contributed by atoms with Crippen LogP contribution in [-0.2, 0) is 9.53 Å². The summed E-state index contributed by atoms with van der Waals surface area (Å²) in [5.74, 6) is -0.356. The molecule has 0 N–H and O–H groups in total. The van der Waals surface area contributed by atoms with Gasteiger partial charge < -0.3 is 4.74 Å². The van der Waals surface area contributed by atoms with Crippen LogP contribution in [-0.4, -0.2) is 12.6 Å². The SMILES string of the molecule is Cc1ccccc1C=C(COC(=O)/C=C/c1ccccc1)c1ccccc1. The molecule has 0 aliphatic carbocycles. The van der Waals surface area contributed by atoms with Gasteiger partial charge in [-0.05, 0) is 46.9 Å². The molecule has 0 spiro atoms. The predicted molar refractivity (Wildman–Crippen MR) is 112 cm³/mol. The highest BCUT2D eigenvalue weighted by Crippen LogP contribution is 2.20. The fourth-order valence-electron chi connectivity index (χ4n) is 2.72. The zero-order valence-electron chi connectivity index (χ0n) is 15.3. The molecule has 2 heteroatoms. The highest BCUT2D eigenvalue weighted by Gasteiger charge is 2.06. The van der Waals surface area contributed by atoms with E-state index in [-0.39, 0.29) is 12.6 Å². The highest BCUT2D eigenvalue weighted by molar-refractivity contribution is 5.89. The molecule has 3 rings (SSSR count). The molecule has 0 aliphatic rings. The van der Waals surface area contributed by atoms with E-state index < -0.39 is 0 Å². The van der Waals surface area contributed by atoms with Crippen molar-refractivity contribution < 1.29 is 9.53 Å². The summed E-state index contributed by atoms with van der Waals surface area (Å²) < 4.78 is 5.50. The van der Waals surface area contributed by atoms with E-state index >= 15 is 0 Å². The van der Waals surface area contributed by atoms with Gasteiger partial charge in [-0.3, -0.25) is 0 Å². The van der Waals surface area contributed by atoms with Crippen molar-refractivity contribution in [2.45, 2.75) is 6.92 Å². The Kier molecular flexibility index (Phi) is 6.37. The van der Waals surface area contributed by atoms with Gasteiger partial charge in [0, 0.05) is 6.08 Å². The number of esters is 1. The topological polar surface area (TPSA) is 26.3 Å². The van der Waals surface area contributed by atoms with Crippen LogP contribution >= 0.6 is 0 Å². The van der Waals surface area contributed by atoms with Crippen molar-refractivity contribution in [3.05, 3.63) is 113 Å². The van der Waals surface area contributed by atoms with Crippen molar-refractivity contribution in [1.82, 2.24) is 0 Å². The number of rotatable bonds is 6. The third kappa shape index (κ3) is 5.55. The van der Waals surface area contributed by atoms with Gasteiger partial charge in [0.05, 0.1) is 0 Å². The van der Waals surface area contributed by atoms with Gasteiger partial charge in [-0.1, -0.05) is 84.9 Å². The Morgan fingerprint density at radius 3 is 2.19 bits per heavy atom. The van der Waals surface area contributed by atoms with Crippen LogP contribution in [0.3, 0.4) is 0 Å². The molecule has 0 fully saturated rings. The first kappa shape index (κ1) is 18.4. The number of carbonyl (C=O) groups is 1. The lowest BCUT2D eigenvalue weighted by atomic mass is 10.0. The smallest absolute Gasteiger partial charge is 0.331 e. The summed E-state index contributed by atoms with van der Waals surface area (Å²) in [7, 11) is 0. The second-order valence-corrected chi connectivity index (χ2v) is 6.24. The van der Waals surface area contributed by atoms with E-state index in [0.29, 0.717) is 0 Å². The monoisotopic (exact) mass is 354 g/mol. The van der Waals surface area contributed by atoms with Gasteiger partial charge in [0.25, 0.3) is 0 Å². The molecule has 2 nitrogen and oxygen atoms in total. The minimum atomic E-state index is -0.356. The fourth-order valence-corrected chi connectivity index (χ4v) is 2.72. The van der Waals surface area contributed by atoms with Crippen LogP contribution in [0.2, 0.25) is 0 Å². The summed E-state index contributed by atoms with van der Waals surface area (Å²) in [6, 6.07) is 27.9. The summed E-state index contributed by atoms with van der Waals surface area (Å²) in [5, 5.41) is 0. The summed E-state index contributed by atoms with van der Waals surface area (Å²) in [4.78, 5) is 12.1. The Balaban J connectivity index is 1.75.